The molecule has 3 heterocycles. The van der Waals surface area contributed by atoms with Crippen LogP contribution in [0.4, 0.5) is 0 Å². The number of quaternary nitrogens is 1. The zero-order valence-corrected chi connectivity index (χ0v) is 10.6. The van der Waals surface area contributed by atoms with Gasteiger partial charge < -0.3 is 20.0 Å². The quantitative estimate of drug-likeness (QED) is 0.642. The molecule has 1 aliphatic heterocycles. The molecule has 2 N–H and O–H groups in total. The van der Waals surface area contributed by atoms with E-state index < -0.39 is 0 Å². The average Bonchev–Trinajstić information content (AvgIpc) is 2.88. The van der Waals surface area contributed by atoms with Crippen molar-refractivity contribution in [1.29, 1.82) is 0 Å². The molecule has 0 spiro atoms. The summed E-state index contributed by atoms with van der Waals surface area (Å²) in [7, 11) is 0. The Kier molecular flexibility index (Phi) is 2.45. The van der Waals surface area contributed by atoms with Crippen molar-refractivity contribution in [2.24, 2.45) is 0 Å². The predicted octanol–water partition coefficient (Wildman–Crippen LogP) is 0.857. The van der Waals surface area contributed by atoms with Crippen molar-refractivity contribution in [2.45, 2.75) is 6.54 Å². The third-order valence-corrected chi connectivity index (χ3v) is 3.39. The van der Waals surface area contributed by atoms with Gasteiger partial charge in [-0.05, 0) is 18.2 Å². The summed E-state index contributed by atoms with van der Waals surface area (Å²) < 4.78 is 5.45. The molecule has 1 aliphatic rings. The summed E-state index contributed by atoms with van der Waals surface area (Å²) in [6.45, 7) is 0.578. The van der Waals surface area contributed by atoms with Crippen LogP contribution in [0.2, 0.25) is 0 Å². The van der Waals surface area contributed by atoms with E-state index in [2.05, 4.69) is 15.0 Å². The zero-order valence-electron chi connectivity index (χ0n) is 10.6. The van der Waals surface area contributed by atoms with E-state index in [9.17, 15) is 5.21 Å². The minimum atomic E-state index is 0.103. The first kappa shape index (κ1) is 11.4. The maximum absolute atomic E-state index is 11.4. The molecule has 0 saturated carbocycles. The van der Waals surface area contributed by atoms with E-state index in [1.165, 1.54) is 0 Å². The van der Waals surface area contributed by atoms with Crippen LogP contribution in [0.25, 0.3) is 22.4 Å². The molecular weight excluding hydrogens is 256 g/mol. The Bertz CT molecular complexity index is 769. The number of benzene rings is 1. The zero-order chi connectivity index (χ0) is 13.5. The highest BCUT2D eigenvalue weighted by Crippen LogP contribution is 2.27. The summed E-state index contributed by atoms with van der Waals surface area (Å²) in [5, 5.41) is 11.5. The number of imidazole rings is 1. The number of nitrogens with one attached hydrogen (secondary N) is 2. The van der Waals surface area contributed by atoms with E-state index in [0.29, 0.717) is 6.54 Å². The SMILES string of the molecule is [O-][NH+]1COc2cc3nc(-c4ccncc4)[nH]c3cc2C1. The molecule has 0 aliphatic carbocycles. The van der Waals surface area contributed by atoms with Gasteiger partial charge in [-0.2, -0.15) is 0 Å². The molecule has 2 aromatic heterocycles. The minimum absolute atomic E-state index is 0.103. The van der Waals surface area contributed by atoms with E-state index in [1.807, 2.05) is 24.3 Å². The van der Waals surface area contributed by atoms with Crippen LogP contribution in [-0.4, -0.2) is 21.7 Å². The van der Waals surface area contributed by atoms with Crippen molar-refractivity contribution < 1.29 is 9.80 Å². The number of hydroxylamine groups is 2. The molecule has 0 saturated heterocycles. The Morgan fingerprint density at radius 3 is 2.95 bits per heavy atom. The number of nitrogens with zero attached hydrogens (tertiary/aromatic N) is 2. The second kappa shape index (κ2) is 4.29. The molecule has 100 valence electrons. The van der Waals surface area contributed by atoms with Crippen LogP contribution in [0, 0.1) is 5.21 Å². The van der Waals surface area contributed by atoms with Gasteiger partial charge in [-0.3, -0.25) is 4.98 Å². The summed E-state index contributed by atoms with van der Waals surface area (Å²) in [5.41, 5.74) is 3.64. The fourth-order valence-corrected chi connectivity index (χ4v) is 2.42. The third kappa shape index (κ3) is 1.82. The first-order chi connectivity index (χ1) is 9.79. The standard InChI is InChI=1S/C14H12N4O2/c19-18-7-10-5-11-12(6-13(10)20-8-18)17-14(16-11)9-1-3-15-4-2-9/h1-6,18H,7-8H2,(H,16,17). The number of pyridine rings is 1. The third-order valence-electron chi connectivity index (χ3n) is 3.39. The number of hydrogen-bond acceptors (Lipinski definition) is 4. The molecule has 4 rings (SSSR count). The summed E-state index contributed by atoms with van der Waals surface area (Å²) in [6.07, 6.45) is 3.46. The lowest BCUT2D eigenvalue weighted by Crippen LogP contribution is -3.07. The summed E-state index contributed by atoms with van der Waals surface area (Å²) in [4.78, 5) is 11.8. The molecule has 0 bridgehead atoms. The molecule has 1 atom stereocenters. The summed E-state index contributed by atoms with van der Waals surface area (Å²) >= 11 is 0. The van der Waals surface area contributed by atoms with Crippen LogP contribution in [-0.2, 0) is 6.54 Å². The number of hydrogen-bond donors (Lipinski definition) is 2. The van der Waals surface area contributed by atoms with Crippen molar-refractivity contribution in [3.05, 3.63) is 47.4 Å². The maximum atomic E-state index is 11.4. The van der Waals surface area contributed by atoms with E-state index in [0.717, 1.165) is 33.7 Å². The Balaban J connectivity index is 1.84. The highest BCUT2D eigenvalue weighted by Gasteiger charge is 2.17. The lowest BCUT2D eigenvalue weighted by Gasteiger charge is -2.28. The molecule has 6 nitrogen and oxygen atoms in total. The number of aromatic amines is 1. The van der Waals surface area contributed by atoms with Crippen molar-refractivity contribution in [3.8, 4) is 17.1 Å². The summed E-state index contributed by atoms with van der Waals surface area (Å²) in [5.74, 6) is 1.54. The first-order valence-electron chi connectivity index (χ1n) is 6.37. The van der Waals surface area contributed by atoms with Crippen molar-refractivity contribution >= 4 is 11.0 Å². The second-order valence-corrected chi connectivity index (χ2v) is 4.80. The largest absolute Gasteiger partial charge is 0.632 e. The van der Waals surface area contributed by atoms with Gasteiger partial charge in [0, 0.05) is 24.0 Å². The fraction of sp³-hybridized carbons (Fsp3) is 0.143. The number of fused-ring (bicyclic) bond motifs is 2. The normalized spacial score (nSPS) is 17.8. The molecule has 3 aromatic rings. The molecule has 6 heteroatoms. The molecule has 1 unspecified atom stereocenters. The van der Waals surface area contributed by atoms with Gasteiger partial charge in [0.2, 0.25) is 6.73 Å². The number of ether oxygens (including phenoxy) is 1. The Morgan fingerprint density at radius 2 is 2.10 bits per heavy atom. The lowest BCUT2D eigenvalue weighted by atomic mass is 10.1. The van der Waals surface area contributed by atoms with E-state index in [4.69, 9.17) is 4.74 Å². The lowest BCUT2D eigenvalue weighted by molar-refractivity contribution is -0.883. The topological polar surface area (TPSA) is 78.3 Å². The van der Waals surface area contributed by atoms with Crippen LogP contribution < -0.4 is 9.80 Å². The monoisotopic (exact) mass is 268 g/mol. The van der Waals surface area contributed by atoms with Gasteiger partial charge in [0.05, 0.1) is 16.6 Å². The minimum Gasteiger partial charge on any atom is -0.632 e. The van der Waals surface area contributed by atoms with Crippen LogP contribution in [0.1, 0.15) is 5.56 Å². The van der Waals surface area contributed by atoms with Gasteiger partial charge in [-0.1, -0.05) is 0 Å². The maximum Gasteiger partial charge on any atom is 0.222 e. The molecular formula is C14H12N4O2. The predicted molar refractivity (Wildman–Crippen MR) is 72.9 cm³/mol. The van der Waals surface area contributed by atoms with Crippen LogP contribution in [0.5, 0.6) is 5.75 Å². The Morgan fingerprint density at radius 1 is 1.25 bits per heavy atom. The number of rotatable bonds is 1. The summed E-state index contributed by atoms with van der Waals surface area (Å²) in [6, 6.07) is 7.63. The van der Waals surface area contributed by atoms with Gasteiger partial charge in [0.1, 0.15) is 18.1 Å². The van der Waals surface area contributed by atoms with Gasteiger partial charge in [-0.25, -0.2) is 4.98 Å². The second-order valence-electron chi connectivity index (χ2n) is 4.80. The number of aromatic nitrogens is 3. The fourth-order valence-electron chi connectivity index (χ4n) is 2.42. The average molecular weight is 268 g/mol. The smallest absolute Gasteiger partial charge is 0.222 e. The molecule has 1 aromatic carbocycles. The van der Waals surface area contributed by atoms with E-state index in [-0.39, 0.29) is 11.8 Å². The van der Waals surface area contributed by atoms with Gasteiger partial charge in [0.25, 0.3) is 0 Å². The number of H-pyrrole nitrogens is 1. The molecule has 20 heavy (non-hydrogen) atoms. The van der Waals surface area contributed by atoms with Crippen LogP contribution >= 0.6 is 0 Å². The van der Waals surface area contributed by atoms with Crippen LogP contribution in [0.3, 0.4) is 0 Å². The Labute approximate surface area is 114 Å². The van der Waals surface area contributed by atoms with Gasteiger partial charge >= 0.3 is 0 Å². The first-order valence-corrected chi connectivity index (χ1v) is 6.37. The van der Waals surface area contributed by atoms with Crippen molar-refractivity contribution in [2.75, 3.05) is 6.73 Å². The van der Waals surface area contributed by atoms with E-state index >= 15 is 0 Å². The molecule has 0 fully saturated rings. The molecule has 0 radical (unpaired) electrons. The van der Waals surface area contributed by atoms with Crippen LogP contribution in [0.15, 0.2) is 36.7 Å². The Hall–Kier alpha value is -2.44. The highest BCUT2D eigenvalue weighted by molar-refractivity contribution is 5.81. The van der Waals surface area contributed by atoms with Crippen molar-refractivity contribution in [1.82, 2.24) is 15.0 Å². The molecule has 0 amide bonds. The van der Waals surface area contributed by atoms with Crippen molar-refractivity contribution in [3.63, 3.8) is 0 Å². The van der Waals surface area contributed by atoms with Gasteiger partial charge in [0.15, 0.2) is 0 Å². The highest BCUT2D eigenvalue weighted by atomic mass is 16.6. The van der Waals surface area contributed by atoms with E-state index in [1.54, 1.807) is 12.4 Å². The van der Waals surface area contributed by atoms with Gasteiger partial charge in [-0.15, -0.1) is 0 Å².